The molecule has 11 nitrogen and oxygen atoms in total. The third-order valence-corrected chi connectivity index (χ3v) is 4.02. The molecule has 0 amide bonds. The largest absolute Gasteiger partial charge is 0.394 e. The van der Waals surface area contributed by atoms with Crippen LogP contribution in [0.25, 0.3) is 0 Å². The Labute approximate surface area is 130 Å². The number of aliphatic hydroxyl groups is 8. The van der Waals surface area contributed by atoms with Crippen LogP contribution in [0, 0.1) is 0 Å². The van der Waals surface area contributed by atoms with Gasteiger partial charge in [0, 0.05) is 0 Å². The van der Waals surface area contributed by atoms with Crippen molar-refractivity contribution in [2.24, 2.45) is 0 Å². The van der Waals surface area contributed by atoms with Crippen LogP contribution in [-0.4, -0.2) is 115 Å². The summed E-state index contributed by atoms with van der Waals surface area (Å²) in [7, 11) is 0. The van der Waals surface area contributed by atoms with Crippen LogP contribution in [0.3, 0.4) is 0 Å². The Balaban J connectivity index is 1.95. The molecule has 0 radical (unpaired) electrons. The molecular formula is C12H22O11. The van der Waals surface area contributed by atoms with E-state index < -0.39 is 74.6 Å². The van der Waals surface area contributed by atoms with Crippen molar-refractivity contribution in [3.63, 3.8) is 0 Å². The molecule has 0 aromatic carbocycles. The zero-order valence-corrected chi connectivity index (χ0v) is 12.0. The lowest BCUT2D eigenvalue weighted by Gasteiger charge is -2.39. The van der Waals surface area contributed by atoms with E-state index >= 15 is 0 Å². The molecular weight excluding hydrogens is 320 g/mol. The molecule has 23 heavy (non-hydrogen) atoms. The summed E-state index contributed by atoms with van der Waals surface area (Å²) in [5.41, 5.74) is 0. The van der Waals surface area contributed by atoms with Crippen LogP contribution in [0.4, 0.5) is 0 Å². The highest BCUT2D eigenvalue weighted by atomic mass is 16.7. The van der Waals surface area contributed by atoms with Crippen LogP contribution in [-0.2, 0) is 14.2 Å². The number of ether oxygens (including phenoxy) is 3. The van der Waals surface area contributed by atoms with Crippen molar-refractivity contribution in [2.75, 3.05) is 19.8 Å². The first kappa shape index (κ1) is 18.9. The van der Waals surface area contributed by atoms with Crippen molar-refractivity contribution in [3.8, 4) is 0 Å². The van der Waals surface area contributed by atoms with Crippen LogP contribution in [0.1, 0.15) is 0 Å². The zero-order chi connectivity index (χ0) is 17.4. The summed E-state index contributed by atoms with van der Waals surface area (Å²) in [4.78, 5) is 0. The molecule has 0 aliphatic carbocycles. The average Bonchev–Trinajstić information content (AvgIpc) is 2.77. The third-order valence-electron chi connectivity index (χ3n) is 4.02. The van der Waals surface area contributed by atoms with Gasteiger partial charge in [-0.15, -0.1) is 0 Å². The smallest absolute Gasteiger partial charge is 0.219 e. The average molecular weight is 342 g/mol. The van der Waals surface area contributed by atoms with Crippen LogP contribution < -0.4 is 0 Å². The van der Waals surface area contributed by atoms with Gasteiger partial charge in [-0.2, -0.15) is 0 Å². The van der Waals surface area contributed by atoms with Gasteiger partial charge in [-0.1, -0.05) is 0 Å². The topological polar surface area (TPSA) is 190 Å². The van der Waals surface area contributed by atoms with Crippen molar-refractivity contribution in [1.82, 2.24) is 0 Å². The van der Waals surface area contributed by atoms with E-state index in [0.29, 0.717) is 0 Å². The third kappa shape index (κ3) is 3.50. The number of hydrogen-bond donors (Lipinski definition) is 8. The second-order valence-electron chi connectivity index (χ2n) is 5.63. The van der Waals surface area contributed by atoms with E-state index in [4.69, 9.17) is 24.4 Å². The van der Waals surface area contributed by atoms with Gasteiger partial charge >= 0.3 is 0 Å². The Hall–Kier alpha value is -0.440. The van der Waals surface area contributed by atoms with Crippen LogP contribution in [0.5, 0.6) is 0 Å². The number of rotatable bonds is 5. The van der Waals surface area contributed by atoms with Gasteiger partial charge in [0.25, 0.3) is 0 Å². The fourth-order valence-corrected chi connectivity index (χ4v) is 2.53. The van der Waals surface area contributed by atoms with Gasteiger partial charge in [-0.25, -0.2) is 0 Å². The van der Waals surface area contributed by atoms with Gasteiger partial charge in [0.15, 0.2) is 6.29 Å². The molecule has 2 aliphatic heterocycles. The van der Waals surface area contributed by atoms with Crippen LogP contribution >= 0.6 is 0 Å². The second-order valence-corrected chi connectivity index (χ2v) is 5.63. The monoisotopic (exact) mass is 342 g/mol. The van der Waals surface area contributed by atoms with Crippen LogP contribution in [0.2, 0.25) is 0 Å². The number of hydrogen-bond acceptors (Lipinski definition) is 11. The summed E-state index contributed by atoms with van der Waals surface area (Å²) in [5.74, 6) is -2.34. The molecule has 11 heteroatoms. The van der Waals surface area contributed by atoms with Gasteiger partial charge < -0.3 is 55.1 Å². The van der Waals surface area contributed by atoms with Crippen molar-refractivity contribution in [2.45, 2.75) is 54.8 Å². The van der Waals surface area contributed by atoms with Crippen LogP contribution in [0.15, 0.2) is 0 Å². The SMILES string of the molecule is OCC1O[C@H](OC[C@H]2OC(O)(CO)[C@@H](O)[C@H]2O)C(O)[C@@H](O)[C@@H]1O. The molecule has 8 N–H and O–H groups in total. The normalized spacial score (nSPS) is 51.1. The van der Waals surface area contributed by atoms with Crippen molar-refractivity contribution < 1.29 is 55.1 Å². The highest BCUT2D eigenvalue weighted by Gasteiger charge is 2.53. The van der Waals surface area contributed by atoms with E-state index in [-0.39, 0.29) is 0 Å². The van der Waals surface area contributed by atoms with E-state index in [1.165, 1.54) is 0 Å². The minimum absolute atomic E-state index is 0.469. The fourth-order valence-electron chi connectivity index (χ4n) is 2.53. The molecule has 0 aromatic heterocycles. The maximum atomic E-state index is 9.78. The molecule has 0 saturated carbocycles. The summed E-state index contributed by atoms with van der Waals surface area (Å²) in [6.45, 7) is -2.05. The molecule has 2 rings (SSSR count). The summed E-state index contributed by atoms with van der Waals surface area (Å²) in [6, 6.07) is 0. The predicted octanol–water partition coefficient (Wildman–Crippen LogP) is -5.40. The Morgan fingerprint density at radius 2 is 1.52 bits per heavy atom. The summed E-state index contributed by atoms with van der Waals surface area (Å²) in [6.07, 6.45) is -12.0. The highest BCUT2D eigenvalue weighted by molar-refractivity contribution is 4.95. The fraction of sp³-hybridized carbons (Fsp3) is 1.00. The van der Waals surface area contributed by atoms with Gasteiger partial charge in [-0.3, -0.25) is 0 Å². The molecule has 2 heterocycles. The zero-order valence-electron chi connectivity index (χ0n) is 12.0. The molecule has 2 fully saturated rings. The molecule has 0 spiro atoms. The minimum Gasteiger partial charge on any atom is -0.394 e. The standard InChI is InChI=1S/C12H22O11/c13-1-4-6(15)8(17)9(18)11(22-4)21-2-5-7(16)10(19)12(20,3-14)23-5/h4-11,13-20H,1-3H2/t4?,5-,6-,7+,8+,9?,10+,11+,12?/m1/s1. The Morgan fingerprint density at radius 1 is 0.870 bits per heavy atom. The Bertz CT molecular complexity index is 393. The Kier molecular flexibility index (Phi) is 5.92. The summed E-state index contributed by atoms with van der Waals surface area (Å²) < 4.78 is 15.2. The van der Waals surface area contributed by atoms with Gasteiger partial charge in [0.1, 0.15) is 42.7 Å². The van der Waals surface area contributed by atoms with Gasteiger partial charge in [0.2, 0.25) is 5.79 Å². The molecule has 136 valence electrons. The molecule has 3 unspecified atom stereocenters. The van der Waals surface area contributed by atoms with E-state index in [2.05, 4.69) is 0 Å². The van der Waals surface area contributed by atoms with E-state index in [9.17, 15) is 30.6 Å². The first-order valence-electron chi connectivity index (χ1n) is 7.04. The lowest BCUT2D eigenvalue weighted by Crippen LogP contribution is -2.59. The van der Waals surface area contributed by atoms with Crippen molar-refractivity contribution in [1.29, 1.82) is 0 Å². The molecule has 2 aliphatic rings. The van der Waals surface area contributed by atoms with Gasteiger partial charge in [0.05, 0.1) is 19.8 Å². The van der Waals surface area contributed by atoms with E-state index in [1.807, 2.05) is 0 Å². The Morgan fingerprint density at radius 3 is 2.04 bits per heavy atom. The number of aliphatic hydroxyl groups excluding tert-OH is 7. The maximum Gasteiger partial charge on any atom is 0.219 e. The van der Waals surface area contributed by atoms with Crippen molar-refractivity contribution >= 4 is 0 Å². The lowest BCUT2D eigenvalue weighted by molar-refractivity contribution is -0.310. The lowest BCUT2D eigenvalue weighted by atomic mass is 9.99. The summed E-state index contributed by atoms with van der Waals surface area (Å²) >= 11 is 0. The highest BCUT2D eigenvalue weighted by Crippen LogP contribution is 2.30. The first-order valence-corrected chi connectivity index (χ1v) is 7.04. The first-order chi connectivity index (χ1) is 10.7. The molecule has 2 saturated heterocycles. The second kappa shape index (κ2) is 7.21. The van der Waals surface area contributed by atoms with Crippen molar-refractivity contribution in [3.05, 3.63) is 0 Å². The van der Waals surface area contributed by atoms with E-state index in [0.717, 1.165) is 0 Å². The minimum atomic E-state index is -2.34. The molecule has 0 bridgehead atoms. The summed E-state index contributed by atoms with van der Waals surface area (Å²) in [5, 5.41) is 76.1. The molecule has 0 aromatic rings. The quantitative estimate of drug-likeness (QED) is 0.238. The maximum absolute atomic E-state index is 9.78. The van der Waals surface area contributed by atoms with E-state index in [1.54, 1.807) is 0 Å². The molecule has 9 atom stereocenters. The van der Waals surface area contributed by atoms with Gasteiger partial charge in [-0.05, 0) is 0 Å². The predicted molar refractivity (Wildman–Crippen MR) is 68.6 cm³/mol.